The van der Waals surface area contributed by atoms with Crippen molar-refractivity contribution in [3.05, 3.63) is 95.0 Å². The number of benzene rings is 3. The molecule has 3 aromatic carbocycles. The van der Waals surface area contributed by atoms with Crippen LogP contribution in [0.25, 0.3) is 0 Å². The molecule has 33 heavy (non-hydrogen) atoms. The molecule has 4 nitrogen and oxygen atoms in total. The van der Waals surface area contributed by atoms with Crippen LogP contribution in [0.5, 0.6) is 11.5 Å². The van der Waals surface area contributed by atoms with Crippen molar-refractivity contribution in [2.75, 3.05) is 0 Å². The summed E-state index contributed by atoms with van der Waals surface area (Å²) in [5, 5.41) is 10.2. The van der Waals surface area contributed by atoms with Gasteiger partial charge in [0.2, 0.25) is 6.10 Å². The van der Waals surface area contributed by atoms with Crippen LogP contribution >= 0.6 is 48.8 Å². The molecule has 0 aliphatic carbocycles. The minimum Gasteiger partial charge on any atom is -0.457 e. The number of hydrogen-bond acceptors (Lipinski definition) is 4. The average molecular weight is 529 g/mol. The fraction of sp³-hybridized carbons (Fsp3) is 0.200. The standard InChI is InChI=1S/C25H22ClNO3.3ClH/c1-17(2)24(18-11-13-20(26)14-12-18)25(28)30-23(16-27)19-7-6-10-22(15-19)29-21-8-4-3-5-9-21;;;/h3-15,17,23-24H,1-2H3;3*1H. The lowest BCUT2D eigenvalue weighted by Crippen LogP contribution is -2.22. The first-order valence-electron chi connectivity index (χ1n) is 9.66. The van der Waals surface area contributed by atoms with Gasteiger partial charge in [-0.1, -0.05) is 67.9 Å². The van der Waals surface area contributed by atoms with Gasteiger partial charge in [0.15, 0.2) is 0 Å². The number of nitriles is 1. The monoisotopic (exact) mass is 527 g/mol. The number of carbonyl (C=O) groups is 1. The van der Waals surface area contributed by atoms with Crippen LogP contribution in [0.1, 0.15) is 37.0 Å². The van der Waals surface area contributed by atoms with E-state index in [0.717, 1.165) is 5.56 Å². The molecule has 0 N–H and O–H groups in total. The quantitative estimate of drug-likeness (QED) is 0.292. The maximum Gasteiger partial charge on any atom is 0.315 e. The fourth-order valence-corrected chi connectivity index (χ4v) is 3.31. The van der Waals surface area contributed by atoms with E-state index >= 15 is 0 Å². The SMILES string of the molecule is CC(C)C(C(=O)OC(C#N)c1cccc(Oc2ccccc2)c1)c1ccc(Cl)cc1.Cl.Cl.Cl. The Bertz CT molecular complexity index is 1040. The number of nitrogens with zero attached hydrogens (tertiary/aromatic N) is 1. The highest BCUT2D eigenvalue weighted by molar-refractivity contribution is 6.30. The van der Waals surface area contributed by atoms with Crippen LogP contribution < -0.4 is 4.74 Å². The van der Waals surface area contributed by atoms with Crippen LogP contribution in [0.4, 0.5) is 0 Å². The summed E-state index contributed by atoms with van der Waals surface area (Å²) in [6, 6.07) is 25.5. The zero-order chi connectivity index (χ0) is 21.5. The molecule has 0 bridgehead atoms. The minimum absolute atomic E-state index is 0. The Morgan fingerprint density at radius 3 is 2.03 bits per heavy atom. The van der Waals surface area contributed by atoms with Gasteiger partial charge in [-0.25, -0.2) is 0 Å². The molecule has 0 radical (unpaired) electrons. The lowest BCUT2D eigenvalue weighted by atomic mass is 9.88. The Morgan fingerprint density at radius 1 is 0.848 bits per heavy atom. The molecule has 176 valence electrons. The Balaban J connectivity index is 0.00000341. The molecular formula is C25H25Cl4NO3. The first kappa shape index (κ1) is 30.6. The van der Waals surface area contributed by atoms with Gasteiger partial charge in [0.25, 0.3) is 0 Å². The zero-order valence-corrected chi connectivity index (χ0v) is 21.2. The van der Waals surface area contributed by atoms with Gasteiger partial charge >= 0.3 is 5.97 Å². The van der Waals surface area contributed by atoms with Gasteiger partial charge in [-0.15, -0.1) is 37.2 Å². The van der Waals surface area contributed by atoms with Crippen molar-refractivity contribution in [3.63, 3.8) is 0 Å². The van der Waals surface area contributed by atoms with Crippen molar-refractivity contribution in [1.82, 2.24) is 0 Å². The van der Waals surface area contributed by atoms with E-state index in [1.807, 2.05) is 56.3 Å². The molecule has 0 saturated heterocycles. The van der Waals surface area contributed by atoms with Crippen molar-refractivity contribution in [3.8, 4) is 17.6 Å². The number of esters is 1. The molecule has 2 unspecified atom stereocenters. The Kier molecular flexibility index (Phi) is 13.6. The summed E-state index contributed by atoms with van der Waals surface area (Å²) in [5.41, 5.74) is 1.36. The summed E-state index contributed by atoms with van der Waals surface area (Å²) in [7, 11) is 0. The van der Waals surface area contributed by atoms with Gasteiger partial charge in [0, 0.05) is 10.6 Å². The molecule has 2 atom stereocenters. The van der Waals surface area contributed by atoms with E-state index < -0.39 is 18.0 Å². The van der Waals surface area contributed by atoms with Crippen molar-refractivity contribution in [2.24, 2.45) is 5.92 Å². The molecule has 0 aliphatic rings. The molecule has 3 aromatic rings. The predicted octanol–water partition coefficient (Wildman–Crippen LogP) is 7.95. The summed E-state index contributed by atoms with van der Waals surface area (Å²) in [6.07, 6.45) is -1.04. The van der Waals surface area contributed by atoms with Crippen LogP contribution in [0, 0.1) is 17.2 Å². The topological polar surface area (TPSA) is 59.3 Å². The fourth-order valence-electron chi connectivity index (χ4n) is 3.19. The maximum absolute atomic E-state index is 13.0. The van der Waals surface area contributed by atoms with Crippen molar-refractivity contribution < 1.29 is 14.3 Å². The number of rotatable bonds is 7. The molecule has 8 heteroatoms. The van der Waals surface area contributed by atoms with Gasteiger partial charge in [0.05, 0.1) is 5.92 Å². The first-order valence-corrected chi connectivity index (χ1v) is 10.0. The number of ether oxygens (including phenoxy) is 2. The van der Waals surface area contributed by atoms with E-state index in [1.54, 1.807) is 36.4 Å². The van der Waals surface area contributed by atoms with Crippen molar-refractivity contribution in [2.45, 2.75) is 25.9 Å². The van der Waals surface area contributed by atoms with E-state index in [1.165, 1.54) is 0 Å². The lowest BCUT2D eigenvalue weighted by molar-refractivity contribution is -0.150. The van der Waals surface area contributed by atoms with Crippen LogP contribution in [-0.2, 0) is 9.53 Å². The summed E-state index contributed by atoms with van der Waals surface area (Å²) >= 11 is 5.96. The van der Waals surface area contributed by atoms with E-state index in [9.17, 15) is 10.1 Å². The van der Waals surface area contributed by atoms with Gasteiger partial charge < -0.3 is 9.47 Å². The molecule has 0 saturated carbocycles. The highest BCUT2D eigenvalue weighted by atomic mass is 35.5. The summed E-state index contributed by atoms with van der Waals surface area (Å²) in [6.45, 7) is 3.88. The molecule has 0 fully saturated rings. The molecule has 3 rings (SSSR count). The maximum atomic E-state index is 13.0. The lowest BCUT2D eigenvalue weighted by Gasteiger charge is -2.22. The van der Waals surface area contributed by atoms with Crippen LogP contribution in [0.3, 0.4) is 0 Å². The van der Waals surface area contributed by atoms with Crippen LogP contribution in [0.2, 0.25) is 5.02 Å². The molecule has 0 amide bonds. The van der Waals surface area contributed by atoms with E-state index in [-0.39, 0.29) is 43.1 Å². The van der Waals surface area contributed by atoms with Crippen LogP contribution in [0.15, 0.2) is 78.9 Å². The predicted molar refractivity (Wildman–Crippen MR) is 138 cm³/mol. The number of halogens is 4. The second kappa shape index (κ2) is 14.7. The van der Waals surface area contributed by atoms with Crippen LogP contribution in [-0.4, -0.2) is 5.97 Å². The van der Waals surface area contributed by atoms with E-state index in [4.69, 9.17) is 21.1 Å². The molecule has 0 aromatic heterocycles. The summed E-state index contributed by atoms with van der Waals surface area (Å²) in [4.78, 5) is 13.0. The minimum atomic E-state index is -1.04. The van der Waals surface area contributed by atoms with E-state index in [2.05, 4.69) is 6.07 Å². The second-order valence-corrected chi connectivity index (χ2v) is 7.64. The average Bonchev–Trinajstić information content (AvgIpc) is 2.74. The number of carbonyl (C=O) groups excluding carboxylic acids is 1. The summed E-state index contributed by atoms with van der Waals surface area (Å²) in [5.74, 6) is 0.289. The highest BCUT2D eigenvalue weighted by Crippen LogP contribution is 2.31. The summed E-state index contributed by atoms with van der Waals surface area (Å²) < 4.78 is 11.4. The van der Waals surface area contributed by atoms with Gasteiger partial charge in [-0.3, -0.25) is 4.79 Å². The zero-order valence-electron chi connectivity index (χ0n) is 18.0. The first-order chi connectivity index (χ1) is 14.5. The smallest absolute Gasteiger partial charge is 0.315 e. The molecule has 0 aliphatic heterocycles. The van der Waals surface area contributed by atoms with E-state index in [0.29, 0.717) is 22.1 Å². The third kappa shape index (κ3) is 8.46. The highest BCUT2D eigenvalue weighted by Gasteiger charge is 2.29. The molecule has 0 heterocycles. The van der Waals surface area contributed by atoms with Crippen molar-refractivity contribution in [1.29, 1.82) is 5.26 Å². The Hall–Kier alpha value is -2.42. The largest absolute Gasteiger partial charge is 0.457 e. The molecule has 0 spiro atoms. The Labute approximate surface area is 218 Å². The molecular weight excluding hydrogens is 504 g/mol. The Morgan fingerprint density at radius 2 is 1.45 bits per heavy atom. The normalized spacial score (nSPS) is 11.5. The third-order valence-corrected chi connectivity index (χ3v) is 4.89. The third-order valence-electron chi connectivity index (χ3n) is 4.64. The number of hydrogen-bond donors (Lipinski definition) is 0. The van der Waals surface area contributed by atoms with Gasteiger partial charge in [0.1, 0.15) is 17.6 Å². The van der Waals surface area contributed by atoms with Gasteiger partial charge in [-0.2, -0.15) is 5.26 Å². The van der Waals surface area contributed by atoms with Crippen molar-refractivity contribution >= 4 is 54.8 Å². The second-order valence-electron chi connectivity index (χ2n) is 7.21. The number of para-hydroxylation sites is 1. The van der Waals surface area contributed by atoms with Gasteiger partial charge in [-0.05, 0) is 47.9 Å².